The molecule has 1 aliphatic rings. The molecule has 1 atom stereocenters. The van der Waals surface area contributed by atoms with E-state index in [0.717, 1.165) is 0 Å². The van der Waals surface area contributed by atoms with Gasteiger partial charge in [-0.2, -0.15) is 4.98 Å². The van der Waals surface area contributed by atoms with Gasteiger partial charge in [0.1, 0.15) is 5.69 Å². The highest BCUT2D eigenvalue weighted by Gasteiger charge is 2.20. The second-order valence-corrected chi connectivity index (χ2v) is 3.08. The Kier molecular flexibility index (Phi) is 5.36. The van der Waals surface area contributed by atoms with Gasteiger partial charge in [-0.1, -0.05) is 0 Å². The monoisotopic (exact) mass is 269 g/mol. The van der Waals surface area contributed by atoms with E-state index >= 15 is 0 Å². The number of nitrogens with two attached hydrogens (primary N) is 1. The zero-order valence-electron chi connectivity index (χ0n) is 8.19. The van der Waals surface area contributed by atoms with Crippen molar-refractivity contribution >= 4 is 42.3 Å². The maximum atomic E-state index is 11.4. The third kappa shape index (κ3) is 2.69. The molecule has 0 saturated heterocycles. The first kappa shape index (κ1) is 14.8. The van der Waals surface area contributed by atoms with Crippen molar-refractivity contribution in [2.75, 3.05) is 29.5 Å². The number of hydrogen-bond acceptors (Lipinski definition) is 6. The summed E-state index contributed by atoms with van der Waals surface area (Å²) in [6, 6.07) is -0.172. The second-order valence-electron chi connectivity index (χ2n) is 3.08. The van der Waals surface area contributed by atoms with Crippen LogP contribution in [0.2, 0.25) is 0 Å². The molecule has 92 valence electrons. The number of nitrogens with zero attached hydrogens (tertiary/aromatic N) is 1. The first-order valence-electron chi connectivity index (χ1n) is 4.21. The van der Waals surface area contributed by atoms with Crippen molar-refractivity contribution in [2.24, 2.45) is 0 Å². The summed E-state index contributed by atoms with van der Waals surface area (Å²) >= 11 is 0. The van der Waals surface area contributed by atoms with Gasteiger partial charge >= 0.3 is 0 Å². The predicted molar refractivity (Wildman–Crippen MR) is 66.8 cm³/mol. The van der Waals surface area contributed by atoms with Gasteiger partial charge in [0.25, 0.3) is 5.56 Å². The molecule has 2 heterocycles. The molecule has 0 spiro atoms. The average molecular weight is 270 g/mol. The van der Waals surface area contributed by atoms with Crippen LogP contribution < -0.4 is 21.9 Å². The molecule has 9 heteroatoms. The summed E-state index contributed by atoms with van der Waals surface area (Å²) in [5.41, 5.74) is 5.35. The highest BCUT2D eigenvalue weighted by atomic mass is 35.5. The van der Waals surface area contributed by atoms with E-state index in [2.05, 4.69) is 20.6 Å². The number of aliphatic hydroxyl groups excluding tert-OH is 1. The molecule has 0 bridgehead atoms. The fourth-order valence-electron chi connectivity index (χ4n) is 1.34. The standard InChI is InChI=1S/C7H11N5O2.2ClH/c8-7-11-5-4(6(14)12-7)10-3(2-13)1-9-5;;/h3,10,13H,1-2H2,(H4,8,9,11,12,14);2*1H. The molecule has 0 saturated carbocycles. The number of aromatic nitrogens is 2. The smallest absolute Gasteiger partial charge is 0.277 e. The largest absolute Gasteiger partial charge is 0.394 e. The summed E-state index contributed by atoms with van der Waals surface area (Å²) in [4.78, 5) is 17.7. The van der Waals surface area contributed by atoms with Crippen molar-refractivity contribution in [3.8, 4) is 0 Å². The molecule has 1 aliphatic heterocycles. The minimum Gasteiger partial charge on any atom is -0.394 e. The van der Waals surface area contributed by atoms with Crippen LogP contribution in [-0.4, -0.2) is 34.3 Å². The second kappa shape index (κ2) is 5.78. The Bertz CT molecular complexity index is 410. The summed E-state index contributed by atoms with van der Waals surface area (Å²) in [5, 5.41) is 14.7. The minimum atomic E-state index is -0.335. The van der Waals surface area contributed by atoms with Gasteiger partial charge in [-0.3, -0.25) is 9.78 Å². The van der Waals surface area contributed by atoms with Crippen LogP contribution in [-0.2, 0) is 0 Å². The Morgan fingerprint density at radius 2 is 2.19 bits per heavy atom. The number of rotatable bonds is 1. The average Bonchev–Trinajstić information content (AvgIpc) is 2.17. The Morgan fingerprint density at radius 3 is 2.81 bits per heavy atom. The fraction of sp³-hybridized carbons (Fsp3) is 0.429. The zero-order chi connectivity index (χ0) is 10.1. The predicted octanol–water partition coefficient (Wildman–Crippen LogP) is -0.606. The van der Waals surface area contributed by atoms with Gasteiger partial charge in [-0.05, 0) is 0 Å². The van der Waals surface area contributed by atoms with Gasteiger partial charge in [0, 0.05) is 6.54 Å². The maximum absolute atomic E-state index is 11.4. The number of nitrogen functional groups attached to an aromatic ring is 1. The van der Waals surface area contributed by atoms with Crippen LogP contribution in [0.1, 0.15) is 0 Å². The number of H-pyrrole nitrogens is 1. The van der Waals surface area contributed by atoms with Crippen LogP contribution in [0.25, 0.3) is 0 Å². The van der Waals surface area contributed by atoms with E-state index in [1.807, 2.05) is 0 Å². The molecule has 2 rings (SSSR count). The van der Waals surface area contributed by atoms with E-state index < -0.39 is 0 Å². The van der Waals surface area contributed by atoms with Crippen molar-refractivity contribution < 1.29 is 5.11 Å². The molecular weight excluding hydrogens is 257 g/mol. The van der Waals surface area contributed by atoms with Gasteiger partial charge in [0.15, 0.2) is 5.82 Å². The number of hydrogen-bond donors (Lipinski definition) is 5. The topological polar surface area (TPSA) is 116 Å². The lowest BCUT2D eigenvalue weighted by atomic mass is 10.2. The lowest BCUT2D eigenvalue weighted by molar-refractivity contribution is 0.277. The summed E-state index contributed by atoms with van der Waals surface area (Å²) < 4.78 is 0. The Hall–Kier alpha value is -1.18. The third-order valence-corrected chi connectivity index (χ3v) is 2.02. The van der Waals surface area contributed by atoms with E-state index in [1.165, 1.54) is 0 Å². The summed E-state index contributed by atoms with van der Waals surface area (Å²) in [6.07, 6.45) is 0. The van der Waals surface area contributed by atoms with Crippen molar-refractivity contribution in [3.63, 3.8) is 0 Å². The highest BCUT2D eigenvalue weighted by molar-refractivity contribution is 5.85. The minimum absolute atomic E-state index is 0. The van der Waals surface area contributed by atoms with Crippen LogP contribution in [0.4, 0.5) is 17.5 Å². The highest BCUT2D eigenvalue weighted by Crippen LogP contribution is 2.19. The summed E-state index contributed by atoms with van der Waals surface area (Å²) in [6.45, 7) is 0.468. The molecule has 7 nitrogen and oxygen atoms in total. The molecule has 0 aliphatic carbocycles. The molecule has 0 fully saturated rings. The molecule has 0 aromatic carbocycles. The Balaban J connectivity index is 0.00000112. The van der Waals surface area contributed by atoms with Crippen molar-refractivity contribution in [2.45, 2.75) is 6.04 Å². The molecule has 6 N–H and O–H groups in total. The van der Waals surface area contributed by atoms with Crippen molar-refractivity contribution in [1.29, 1.82) is 0 Å². The zero-order valence-corrected chi connectivity index (χ0v) is 9.82. The quantitative estimate of drug-likeness (QED) is 0.465. The van der Waals surface area contributed by atoms with E-state index in [9.17, 15) is 4.79 Å². The third-order valence-electron chi connectivity index (χ3n) is 2.02. The number of fused-ring (bicyclic) bond motifs is 1. The molecule has 1 aromatic rings. The van der Waals surface area contributed by atoms with Crippen LogP contribution >= 0.6 is 24.8 Å². The van der Waals surface area contributed by atoms with Gasteiger partial charge in [0.05, 0.1) is 12.6 Å². The molecule has 16 heavy (non-hydrogen) atoms. The molecule has 0 radical (unpaired) electrons. The summed E-state index contributed by atoms with van der Waals surface area (Å²) in [5.74, 6) is 0.501. The number of anilines is 3. The Morgan fingerprint density at radius 1 is 1.50 bits per heavy atom. The number of nitrogens with one attached hydrogen (secondary N) is 3. The van der Waals surface area contributed by atoms with Gasteiger partial charge in [-0.15, -0.1) is 24.8 Å². The van der Waals surface area contributed by atoms with E-state index in [4.69, 9.17) is 10.8 Å². The van der Waals surface area contributed by atoms with Crippen molar-refractivity contribution in [1.82, 2.24) is 9.97 Å². The number of halogens is 2. The first-order chi connectivity index (χ1) is 6.70. The number of aromatic amines is 1. The van der Waals surface area contributed by atoms with Gasteiger partial charge in [0.2, 0.25) is 5.95 Å². The SMILES string of the molecule is Cl.Cl.Nc1nc2c(c(=O)[nH]1)NC(CO)CN2. The van der Waals surface area contributed by atoms with Crippen LogP contribution in [0, 0.1) is 0 Å². The first-order valence-corrected chi connectivity index (χ1v) is 4.21. The van der Waals surface area contributed by atoms with E-state index in [1.54, 1.807) is 0 Å². The van der Waals surface area contributed by atoms with Gasteiger partial charge < -0.3 is 21.5 Å². The normalized spacial score (nSPS) is 16.9. The molecule has 1 unspecified atom stereocenters. The lowest BCUT2D eigenvalue weighted by Crippen LogP contribution is -2.39. The van der Waals surface area contributed by atoms with Crippen LogP contribution in [0.5, 0.6) is 0 Å². The van der Waals surface area contributed by atoms with E-state index in [0.29, 0.717) is 18.1 Å². The van der Waals surface area contributed by atoms with Crippen molar-refractivity contribution in [3.05, 3.63) is 10.4 Å². The molecule has 0 amide bonds. The maximum Gasteiger partial charge on any atom is 0.277 e. The van der Waals surface area contributed by atoms with E-state index in [-0.39, 0.29) is 49.0 Å². The fourth-order valence-corrected chi connectivity index (χ4v) is 1.34. The van der Waals surface area contributed by atoms with Gasteiger partial charge in [-0.25, -0.2) is 0 Å². The summed E-state index contributed by atoms with van der Waals surface area (Å²) in [7, 11) is 0. The Labute approximate surface area is 104 Å². The van der Waals surface area contributed by atoms with Crippen LogP contribution in [0.15, 0.2) is 4.79 Å². The van der Waals surface area contributed by atoms with Crippen LogP contribution in [0.3, 0.4) is 0 Å². The lowest BCUT2D eigenvalue weighted by Gasteiger charge is -2.25. The number of aliphatic hydroxyl groups is 1. The molecule has 1 aromatic heterocycles. The molecular formula is C7H13Cl2N5O2.